The van der Waals surface area contributed by atoms with Crippen molar-refractivity contribution in [2.75, 3.05) is 0 Å². The molecule has 4 aromatic carbocycles. The van der Waals surface area contributed by atoms with Gasteiger partial charge in [0.2, 0.25) is 0 Å². The van der Waals surface area contributed by atoms with Crippen LogP contribution in [0.3, 0.4) is 0 Å². The minimum absolute atomic E-state index is 0.0169. The molecule has 0 aromatic heterocycles. The van der Waals surface area contributed by atoms with Crippen LogP contribution in [0.1, 0.15) is 30.9 Å². The van der Waals surface area contributed by atoms with E-state index < -0.39 is 46.5 Å². The van der Waals surface area contributed by atoms with Crippen LogP contribution in [0.4, 0.5) is 30.7 Å². The third kappa shape index (κ3) is 5.79. The molecule has 0 amide bonds. The van der Waals surface area contributed by atoms with E-state index in [9.17, 15) is 30.7 Å². The Morgan fingerprint density at radius 1 is 0.568 bits per heavy atom. The number of benzene rings is 4. The Morgan fingerprint density at radius 3 is 1.70 bits per heavy atom. The molecule has 8 heteroatoms. The van der Waals surface area contributed by atoms with Crippen molar-refractivity contribution >= 4 is 0 Å². The molecule has 0 bridgehead atoms. The van der Waals surface area contributed by atoms with Gasteiger partial charge < -0.3 is 4.74 Å². The lowest BCUT2D eigenvalue weighted by atomic mass is 9.98. The fourth-order valence-electron chi connectivity index (χ4n) is 3.94. The van der Waals surface area contributed by atoms with Crippen molar-refractivity contribution in [3.8, 4) is 28.0 Å². The summed E-state index contributed by atoms with van der Waals surface area (Å²) >= 11 is 0. The predicted molar refractivity (Wildman–Crippen MR) is 126 cm³/mol. The summed E-state index contributed by atoms with van der Waals surface area (Å²) in [6, 6.07) is 11.2. The zero-order valence-corrected chi connectivity index (χ0v) is 19.7. The number of halogens is 7. The summed E-state index contributed by atoms with van der Waals surface area (Å²) in [5, 5.41) is 0. The van der Waals surface area contributed by atoms with Crippen molar-refractivity contribution in [1.82, 2.24) is 0 Å². The van der Waals surface area contributed by atoms with Crippen LogP contribution in [-0.2, 0) is 13.0 Å². The molecule has 0 saturated heterocycles. The molecule has 0 heterocycles. The van der Waals surface area contributed by atoms with Crippen molar-refractivity contribution in [3.63, 3.8) is 0 Å². The fourth-order valence-corrected chi connectivity index (χ4v) is 3.94. The molecule has 1 nitrogen and oxygen atoms in total. The van der Waals surface area contributed by atoms with Crippen LogP contribution < -0.4 is 4.74 Å². The van der Waals surface area contributed by atoms with Crippen molar-refractivity contribution in [2.24, 2.45) is 0 Å². The summed E-state index contributed by atoms with van der Waals surface area (Å²) < 4.78 is 104. The molecule has 0 unspecified atom stereocenters. The average Bonchev–Trinajstić information content (AvgIpc) is 2.85. The number of rotatable bonds is 8. The fraction of sp³-hybridized carbons (Fsp3) is 0.172. The summed E-state index contributed by atoms with van der Waals surface area (Å²) in [6.07, 6.45) is 2.21. The van der Waals surface area contributed by atoms with Gasteiger partial charge >= 0.3 is 0 Å². The second-order valence-corrected chi connectivity index (χ2v) is 8.54. The number of hydrogen-bond acceptors (Lipinski definition) is 1. The van der Waals surface area contributed by atoms with Gasteiger partial charge in [0.25, 0.3) is 0 Å². The molecule has 0 atom stereocenters. The number of ether oxygens (including phenoxy) is 1. The van der Waals surface area contributed by atoms with E-state index in [-0.39, 0.29) is 34.4 Å². The van der Waals surface area contributed by atoms with Crippen LogP contribution in [0.25, 0.3) is 22.3 Å². The second-order valence-electron chi connectivity index (χ2n) is 8.54. The third-order valence-electron chi connectivity index (χ3n) is 5.87. The molecule has 0 fully saturated rings. The van der Waals surface area contributed by atoms with E-state index in [1.165, 1.54) is 36.4 Å². The SMILES string of the molecule is CCCCc1cc(F)c(OCc2ccc(-c3ccc(-c4cc(F)c(F)c(F)c4)c(F)c3)c(F)c2)c(F)c1. The lowest BCUT2D eigenvalue weighted by Gasteiger charge is -2.12. The van der Waals surface area contributed by atoms with E-state index in [1.807, 2.05) is 6.92 Å². The zero-order valence-electron chi connectivity index (χ0n) is 19.7. The van der Waals surface area contributed by atoms with Crippen LogP contribution in [0, 0.1) is 40.7 Å². The Bertz CT molecular complexity index is 1400. The van der Waals surface area contributed by atoms with Crippen LogP contribution in [0.15, 0.2) is 60.7 Å². The summed E-state index contributed by atoms with van der Waals surface area (Å²) in [5.41, 5.74) is 0.539. The average molecular weight is 518 g/mol. The van der Waals surface area contributed by atoms with Gasteiger partial charge in [0.1, 0.15) is 18.2 Å². The van der Waals surface area contributed by atoms with Crippen molar-refractivity contribution < 1.29 is 35.5 Å². The first-order valence-corrected chi connectivity index (χ1v) is 11.5. The summed E-state index contributed by atoms with van der Waals surface area (Å²) in [6.45, 7) is 1.66. The van der Waals surface area contributed by atoms with Crippen LogP contribution in [-0.4, -0.2) is 0 Å². The van der Waals surface area contributed by atoms with E-state index in [4.69, 9.17) is 4.74 Å². The highest BCUT2D eigenvalue weighted by Crippen LogP contribution is 2.32. The highest BCUT2D eigenvalue weighted by molar-refractivity contribution is 5.71. The van der Waals surface area contributed by atoms with Gasteiger partial charge in [0.15, 0.2) is 34.8 Å². The molecule has 0 radical (unpaired) electrons. The van der Waals surface area contributed by atoms with Crippen molar-refractivity contribution in [2.45, 2.75) is 32.8 Å². The maximum atomic E-state index is 14.8. The van der Waals surface area contributed by atoms with Gasteiger partial charge in [0.05, 0.1) is 0 Å². The first-order chi connectivity index (χ1) is 17.7. The molecular formula is C29H21F7O. The van der Waals surface area contributed by atoms with Gasteiger partial charge in [-0.05, 0) is 71.5 Å². The molecule has 0 aliphatic heterocycles. The monoisotopic (exact) mass is 518 g/mol. The maximum absolute atomic E-state index is 14.8. The number of unbranched alkanes of at least 4 members (excludes halogenated alkanes) is 1. The Balaban J connectivity index is 1.52. The predicted octanol–water partition coefficient (Wildman–Crippen LogP) is 8.92. The van der Waals surface area contributed by atoms with Crippen LogP contribution >= 0.6 is 0 Å². The molecule has 192 valence electrons. The second kappa shape index (κ2) is 11.1. The van der Waals surface area contributed by atoms with Crippen molar-refractivity contribution in [1.29, 1.82) is 0 Å². The van der Waals surface area contributed by atoms with Crippen LogP contribution in [0.2, 0.25) is 0 Å². The Kier molecular flexibility index (Phi) is 7.86. The number of aryl methyl sites for hydroxylation is 1. The molecule has 0 N–H and O–H groups in total. The standard InChI is InChI=1S/C29H21F7O/c1-2-3-4-16-9-26(34)29(27(35)10-16)37-15-17-5-7-20(22(30)11-17)18-6-8-21(23(31)12-18)19-13-24(32)28(36)25(33)14-19/h5-14H,2-4,15H2,1H3. The molecule has 0 aliphatic carbocycles. The van der Waals surface area contributed by atoms with E-state index >= 15 is 0 Å². The highest BCUT2D eigenvalue weighted by atomic mass is 19.2. The lowest BCUT2D eigenvalue weighted by Crippen LogP contribution is -2.02. The van der Waals surface area contributed by atoms with Gasteiger partial charge in [-0.15, -0.1) is 0 Å². The topological polar surface area (TPSA) is 9.23 Å². The van der Waals surface area contributed by atoms with Gasteiger partial charge in [-0.3, -0.25) is 0 Å². The summed E-state index contributed by atoms with van der Waals surface area (Å²) in [7, 11) is 0. The normalized spacial score (nSPS) is 11.1. The molecule has 37 heavy (non-hydrogen) atoms. The molecule has 0 spiro atoms. The zero-order chi connectivity index (χ0) is 26.7. The third-order valence-corrected chi connectivity index (χ3v) is 5.87. The molecule has 4 rings (SSSR count). The van der Waals surface area contributed by atoms with E-state index in [1.54, 1.807) is 0 Å². The highest BCUT2D eigenvalue weighted by Gasteiger charge is 2.17. The summed E-state index contributed by atoms with van der Waals surface area (Å²) in [5.74, 6) is -8.49. The first kappa shape index (κ1) is 26.3. The quantitative estimate of drug-likeness (QED) is 0.167. The van der Waals surface area contributed by atoms with E-state index in [0.29, 0.717) is 24.1 Å². The minimum Gasteiger partial charge on any atom is -0.483 e. The minimum atomic E-state index is -1.67. The van der Waals surface area contributed by atoms with Gasteiger partial charge in [-0.25, -0.2) is 30.7 Å². The van der Waals surface area contributed by atoms with Gasteiger partial charge in [-0.1, -0.05) is 37.6 Å². The molecule has 0 aliphatic rings. The van der Waals surface area contributed by atoms with Crippen LogP contribution in [0.5, 0.6) is 5.75 Å². The van der Waals surface area contributed by atoms with Crippen molar-refractivity contribution in [3.05, 3.63) is 113 Å². The lowest BCUT2D eigenvalue weighted by molar-refractivity contribution is 0.273. The Hall–Kier alpha value is -3.81. The largest absolute Gasteiger partial charge is 0.483 e. The first-order valence-electron chi connectivity index (χ1n) is 11.5. The Labute approximate surface area is 209 Å². The number of hydrogen-bond donors (Lipinski definition) is 0. The smallest absolute Gasteiger partial charge is 0.194 e. The summed E-state index contributed by atoms with van der Waals surface area (Å²) in [4.78, 5) is 0. The van der Waals surface area contributed by atoms with Gasteiger partial charge in [0, 0.05) is 11.1 Å². The van der Waals surface area contributed by atoms with E-state index in [0.717, 1.165) is 25.0 Å². The molecule has 0 saturated carbocycles. The molecule has 4 aromatic rings. The molecular weight excluding hydrogens is 497 g/mol. The van der Waals surface area contributed by atoms with E-state index in [2.05, 4.69) is 0 Å². The maximum Gasteiger partial charge on any atom is 0.194 e. The Morgan fingerprint density at radius 2 is 1.11 bits per heavy atom. The van der Waals surface area contributed by atoms with Gasteiger partial charge in [-0.2, -0.15) is 0 Å².